The summed E-state index contributed by atoms with van der Waals surface area (Å²) >= 11 is 0. The molecule has 0 aliphatic heterocycles. The number of nitrogen functional groups attached to an aromatic ring is 1. The molecule has 0 saturated heterocycles. The molecule has 20 heavy (non-hydrogen) atoms. The van der Waals surface area contributed by atoms with Gasteiger partial charge < -0.3 is 14.7 Å². The fourth-order valence-corrected chi connectivity index (χ4v) is 2.48. The maximum atomic E-state index is 13.4. The number of furan rings is 1. The molecule has 0 fully saturated rings. The zero-order valence-electron chi connectivity index (χ0n) is 11.2. The van der Waals surface area contributed by atoms with Crippen molar-refractivity contribution in [3.8, 4) is 0 Å². The molecule has 5 heteroatoms. The molecule has 104 valence electrons. The fourth-order valence-electron chi connectivity index (χ4n) is 2.48. The first kappa shape index (κ1) is 12.7. The number of anilines is 1. The van der Waals surface area contributed by atoms with Crippen LogP contribution in [0.1, 0.15) is 25.1 Å². The number of nitrogens with two attached hydrogens (primary N) is 1. The summed E-state index contributed by atoms with van der Waals surface area (Å²) in [5, 5.41) is 0. The number of benzene rings is 1. The van der Waals surface area contributed by atoms with Crippen LogP contribution in [-0.2, 0) is 6.42 Å². The number of halogens is 1. The average Bonchev–Trinajstić information content (AvgIpc) is 3.02. The number of hydrogen-bond acceptors (Lipinski definition) is 3. The van der Waals surface area contributed by atoms with E-state index in [0.29, 0.717) is 11.5 Å². The number of aryl methyl sites for hydroxylation is 1. The summed E-state index contributed by atoms with van der Waals surface area (Å²) in [5.74, 6) is 1.07. The summed E-state index contributed by atoms with van der Waals surface area (Å²) in [7, 11) is 0. The zero-order chi connectivity index (χ0) is 14.1. The Balaban J connectivity index is 1.88. The molecule has 0 spiro atoms. The van der Waals surface area contributed by atoms with E-state index in [4.69, 9.17) is 10.2 Å². The van der Waals surface area contributed by atoms with Gasteiger partial charge in [-0.2, -0.15) is 0 Å². The second-order valence-electron chi connectivity index (χ2n) is 4.94. The number of nitrogens with zero attached hydrogens (tertiary/aromatic N) is 2. The minimum absolute atomic E-state index is 0.117. The van der Waals surface area contributed by atoms with E-state index in [0.717, 1.165) is 24.1 Å². The summed E-state index contributed by atoms with van der Waals surface area (Å²) in [6, 6.07) is 8.45. The highest BCUT2D eigenvalue weighted by Gasteiger charge is 2.15. The first-order valence-corrected chi connectivity index (χ1v) is 6.60. The minimum atomic E-state index is -0.281. The summed E-state index contributed by atoms with van der Waals surface area (Å²) < 4.78 is 20.6. The Morgan fingerprint density at radius 2 is 2.25 bits per heavy atom. The Bertz CT molecular complexity index is 718. The molecule has 1 unspecified atom stereocenters. The van der Waals surface area contributed by atoms with Crippen LogP contribution in [0.15, 0.2) is 41.0 Å². The van der Waals surface area contributed by atoms with Gasteiger partial charge in [-0.25, -0.2) is 9.37 Å². The highest BCUT2D eigenvalue weighted by Crippen LogP contribution is 2.26. The van der Waals surface area contributed by atoms with E-state index in [1.165, 1.54) is 12.1 Å². The standard InChI is InChI=1S/C15H16FN3O/c1-10(4-6-12-3-2-8-20-12)19-14-9-11(16)5-7-13(14)18-15(19)17/h2-3,5,7-10H,4,6H2,1H3,(H2,17,18). The van der Waals surface area contributed by atoms with Gasteiger partial charge in [0.15, 0.2) is 0 Å². The lowest BCUT2D eigenvalue weighted by Gasteiger charge is -2.15. The van der Waals surface area contributed by atoms with E-state index < -0.39 is 0 Å². The topological polar surface area (TPSA) is 57.0 Å². The van der Waals surface area contributed by atoms with Crippen LogP contribution in [0.4, 0.5) is 10.3 Å². The van der Waals surface area contributed by atoms with Gasteiger partial charge in [-0.3, -0.25) is 0 Å². The van der Waals surface area contributed by atoms with Crippen molar-refractivity contribution in [2.75, 3.05) is 5.73 Å². The molecule has 1 atom stereocenters. The third kappa shape index (κ3) is 2.27. The van der Waals surface area contributed by atoms with E-state index in [1.807, 2.05) is 23.6 Å². The molecule has 0 saturated carbocycles. The molecule has 0 aliphatic rings. The summed E-state index contributed by atoms with van der Waals surface area (Å²) in [6.45, 7) is 2.05. The number of rotatable bonds is 4. The van der Waals surface area contributed by atoms with E-state index in [9.17, 15) is 4.39 Å². The van der Waals surface area contributed by atoms with Crippen molar-refractivity contribution >= 4 is 17.0 Å². The van der Waals surface area contributed by atoms with E-state index in [2.05, 4.69) is 4.98 Å². The van der Waals surface area contributed by atoms with E-state index in [1.54, 1.807) is 12.3 Å². The van der Waals surface area contributed by atoms with Crippen molar-refractivity contribution in [3.63, 3.8) is 0 Å². The van der Waals surface area contributed by atoms with E-state index in [-0.39, 0.29) is 11.9 Å². The molecule has 4 nitrogen and oxygen atoms in total. The lowest BCUT2D eigenvalue weighted by Crippen LogP contribution is -2.09. The Morgan fingerprint density at radius 1 is 1.40 bits per heavy atom. The lowest BCUT2D eigenvalue weighted by molar-refractivity contribution is 0.459. The molecule has 2 heterocycles. The summed E-state index contributed by atoms with van der Waals surface area (Å²) in [5.41, 5.74) is 7.41. The second kappa shape index (κ2) is 5.00. The van der Waals surface area contributed by atoms with Gasteiger partial charge in [0.05, 0.1) is 17.3 Å². The largest absolute Gasteiger partial charge is 0.469 e. The van der Waals surface area contributed by atoms with Crippen molar-refractivity contribution in [2.24, 2.45) is 0 Å². The fraction of sp³-hybridized carbons (Fsp3) is 0.267. The predicted molar refractivity (Wildman–Crippen MR) is 75.8 cm³/mol. The normalized spacial score (nSPS) is 12.9. The number of hydrogen-bond donors (Lipinski definition) is 1. The highest BCUT2D eigenvalue weighted by atomic mass is 19.1. The molecule has 1 aromatic carbocycles. The van der Waals surface area contributed by atoms with Crippen LogP contribution in [0.3, 0.4) is 0 Å². The first-order chi connectivity index (χ1) is 9.65. The lowest BCUT2D eigenvalue weighted by atomic mass is 10.1. The SMILES string of the molecule is CC(CCc1ccco1)n1c(N)nc2ccc(F)cc21. The quantitative estimate of drug-likeness (QED) is 0.791. The molecule has 0 aliphatic carbocycles. The van der Waals surface area contributed by atoms with Gasteiger partial charge >= 0.3 is 0 Å². The maximum Gasteiger partial charge on any atom is 0.201 e. The summed E-state index contributed by atoms with van der Waals surface area (Å²) in [6.07, 6.45) is 3.32. The van der Waals surface area contributed by atoms with Crippen molar-refractivity contribution in [1.82, 2.24) is 9.55 Å². The molecule has 0 bridgehead atoms. The molecule has 2 N–H and O–H groups in total. The number of imidazole rings is 1. The van der Waals surface area contributed by atoms with Crippen LogP contribution < -0.4 is 5.73 Å². The molecule has 0 amide bonds. The molecule has 3 aromatic rings. The van der Waals surface area contributed by atoms with Crippen LogP contribution in [-0.4, -0.2) is 9.55 Å². The summed E-state index contributed by atoms with van der Waals surface area (Å²) in [4.78, 5) is 4.27. The van der Waals surface area contributed by atoms with Crippen LogP contribution in [0.25, 0.3) is 11.0 Å². The highest BCUT2D eigenvalue weighted by molar-refractivity contribution is 5.78. The predicted octanol–water partition coefficient (Wildman–Crippen LogP) is 3.54. The van der Waals surface area contributed by atoms with Crippen molar-refractivity contribution < 1.29 is 8.81 Å². The van der Waals surface area contributed by atoms with Crippen LogP contribution in [0.2, 0.25) is 0 Å². The number of aromatic nitrogens is 2. The molecular formula is C15H16FN3O. The van der Waals surface area contributed by atoms with Gasteiger partial charge in [0.1, 0.15) is 11.6 Å². The molecule has 2 aromatic heterocycles. The Kier molecular flexibility index (Phi) is 3.18. The van der Waals surface area contributed by atoms with Gasteiger partial charge in [0.2, 0.25) is 5.95 Å². The van der Waals surface area contributed by atoms with Crippen LogP contribution in [0, 0.1) is 5.82 Å². The molecular weight excluding hydrogens is 257 g/mol. The monoisotopic (exact) mass is 273 g/mol. The second-order valence-corrected chi connectivity index (χ2v) is 4.94. The van der Waals surface area contributed by atoms with Crippen LogP contribution >= 0.6 is 0 Å². The Labute approximate surface area is 116 Å². The minimum Gasteiger partial charge on any atom is -0.469 e. The van der Waals surface area contributed by atoms with Gasteiger partial charge in [-0.05, 0) is 43.7 Å². The van der Waals surface area contributed by atoms with Gasteiger partial charge in [0.25, 0.3) is 0 Å². The van der Waals surface area contributed by atoms with E-state index >= 15 is 0 Å². The van der Waals surface area contributed by atoms with Gasteiger partial charge in [-0.15, -0.1) is 0 Å². The van der Waals surface area contributed by atoms with Crippen molar-refractivity contribution in [1.29, 1.82) is 0 Å². The van der Waals surface area contributed by atoms with Crippen LogP contribution in [0.5, 0.6) is 0 Å². The maximum absolute atomic E-state index is 13.4. The third-order valence-corrected chi connectivity index (χ3v) is 3.51. The van der Waals surface area contributed by atoms with Crippen molar-refractivity contribution in [2.45, 2.75) is 25.8 Å². The van der Waals surface area contributed by atoms with Gasteiger partial charge in [-0.1, -0.05) is 0 Å². The Morgan fingerprint density at radius 3 is 3.00 bits per heavy atom. The first-order valence-electron chi connectivity index (χ1n) is 6.60. The molecule has 3 rings (SSSR count). The molecule has 0 radical (unpaired) electrons. The zero-order valence-corrected chi connectivity index (χ0v) is 11.2. The van der Waals surface area contributed by atoms with Gasteiger partial charge in [0, 0.05) is 12.5 Å². The number of fused-ring (bicyclic) bond motifs is 1. The average molecular weight is 273 g/mol. The van der Waals surface area contributed by atoms with Crippen molar-refractivity contribution in [3.05, 3.63) is 48.2 Å². The third-order valence-electron chi connectivity index (χ3n) is 3.51. The Hall–Kier alpha value is -2.30. The smallest absolute Gasteiger partial charge is 0.201 e.